The van der Waals surface area contributed by atoms with Crippen LogP contribution in [0.4, 0.5) is 5.82 Å². The van der Waals surface area contributed by atoms with Gasteiger partial charge in [-0.05, 0) is 41.3 Å². The van der Waals surface area contributed by atoms with E-state index in [0.717, 1.165) is 29.1 Å². The number of aromatic nitrogens is 4. The molecule has 1 atom stereocenters. The lowest BCUT2D eigenvalue weighted by Gasteiger charge is -2.09. The Morgan fingerprint density at radius 2 is 2.04 bits per heavy atom. The molecule has 0 amide bonds. The number of fused-ring (bicyclic) bond motifs is 2. The minimum atomic E-state index is 0.274. The highest BCUT2D eigenvalue weighted by Crippen LogP contribution is 2.36. The van der Waals surface area contributed by atoms with Crippen molar-refractivity contribution in [2.75, 3.05) is 11.9 Å². The fraction of sp³-hybridized carbons (Fsp3) is 0.111. The third-order valence-electron chi connectivity index (χ3n) is 4.55. The van der Waals surface area contributed by atoms with Gasteiger partial charge in [0.05, 0.1) is 0 Å². The van der Waals surface area contributed by atoms with E-state index in [9.17, 15) is 0 Å². The topological polar surface area (TPSA) is 69.4 Å². The van der Waals surface area contributed by atoms with Gasteiger partial charge in [-0.25, -0.2) is 4.98 Å². The van der Waals surface area contributed by atoms with Crippen molar-refractivity contribution in [3.05, 3.63) is 66.2 Å². The molecule has 1 aliphatic rings. The van der Waals surface area contributed by atoms with Crippen LogP contribution in [0.5, 0.6) is 0 Å². The molecule has 0 radical (unpaired) electrons. The maximum atomic E-state index is 4.61. The molecule has 5 rings (SSSR count). The Kier molecular flexibility index (Phi) is 2.55. The molecule has 0 aliphatic carbocycles. The van der Waals surface area contributed by atoms with E-state index in [0.29, 0.717) is 0 Å². The first-order chi connectivity index (χ1) is 11.4. The molecule has 0 spiro atoms. The van der Waals surface area contributed by atoms with Crippen molar-refractivity contribution in [1.82, 2.24) is 20.2 Å². The van der Waals surface area contributed by atoms with Gasteiger partial charge in [-0.15, -0.1) is 0 Å². The number of rotatable bonds is 2. The molecule has 3 aromatic heterocycles. The predicted molar refractivity (Wildman–Crippen MR) is 90.5 cm³/mol. The summed E-state index contributed by atoms with van der Waals surface area (Å²) in [6.07, 6.45) is 5.70. The number of hydrogen-bond acceptors (Lipinski definition) is 3. The quantitative estimate of drug-likeness (QED) is 0.530. The van der Waals surface area contributed by atoms with E-state index in [2.05, 4.69) is 55.8 Å². The average Bonchev–Trinajstić information content (AvgIpc) is 3.32. The molecular weight excluding hydrogens is 286 g/mol. The second-order valence-corrected chi connectivity index (χ2v) is 5.89. The van der Waals surface area contributed by atoms with Crippen LogP contribution in [0.3, 0.4) is 0 Å². The minimum Gasteiger partial charge on any atom is -0.369 e. The lowest BCUT2D eigenvalue weighted by atomic mass is 9.96. The van der Waals surface area contributed by atoms with Crippen molar-refractivity contribution in [2.24, 2.45) is 0 Å². The van der Waals surface area contributed by atoms with Crippen LogP contribution in [0.2, 0.25) is 0 Å². The maximum absolute atomic E-state index is 4.61. The molecule has 1 aliphatic heterocycles. The monoisotopic (exact) mass is 301 g/mol. The van der Waals surface area contributed by atoms with Crippen LogP contribution in [0.1, 0.15) is 17.2 Å². The van der Waals surface area contributed by atoms with Crippen LogP contribution in [-0.2, 0) is 0 Å². The molecule has 5 nitrogen and oxygen atoms in total. The molecule has 23 heavy (non-hydrogen) atoms. The molecule has 3 N–H and O–H groups in total. The van der Waals surface area contributed by atoms with Gasteiger partial charge in [-0.3, -0.25) is 5.10 Å². The number of H-pyrrole nitrogens is 2. The number of aromatic amines is 2. The molecule has 1 unspecified atom stereocenters. The van der Waals surface area contributed by atoms with Crippen molar-refractivity contribution in [1.29, 1.82) is 0 Å². The van der Waals surface area contributed by atoms with Gasteiger partial charge >= 0.3 is 0 Å². The Balaban J connectivity index is 1.61. The summed E-state index contributed by atoms with van der Waals surface area (Å²) in [5.74, 6) is 1.24. The molecular formula is C18H15N5. The number of nitrogens with zero attached hydrogens (tertiary/aromatic N) is 2. The molecule has 0 bridgehead atoms. The summed E-state index contributed by atoms with van der Waals surface area (Å²) >= 11 is 0. The molecule has 0 fully saturated rings. The Labute approximate surface area is 132 Å². The van der Waals surface area contributed by atoms with Crippen LogP contribution >= 0.6 is 0 Å². The highest BCUT2D eigenvalue weighted by molar-refractivity contribution is 5.85. The van der Waals surface area contributed by atoms with Crippen LogP contribution < -0.4 is 5.32 Å². The van der Waals surface area contributed by atoms with Crippen molar-refractivity contribution < 1.29 is 0 Å². The maximum Gasteiger partial charge on any atom is 0.129 e. The molecule has 0 saturated heterocycles. The normalized spacial score (nSPS) is 16.4. The zero-order chi connectivity index (χ0) is 15.2. The summed E-state index contributed by atoms with van der Waals surface area (Å²) in [6, 6.07) is 12.8. The first-order valence-electron chi connectivity index (χ1n) is 7.69. The van der Waals surface area contributed by atoms with Crippen molar-refractivity contribution in [3.8, 4) is 11.1 Å². The summed E-state index contributed by atoms with van der Waals surface area (Å²) in [6.45, 7) is 0.852. The first kappa shape index (κ1) is 12.5. The van der Waals surface area contributed by atoms with Gasteiger partial charge in [-0.1, -0.05) is 6.07 Å². The smallest absolute Gasteiger partial charge is 0.129 e. The van der Waals surface area contributed by atoms with Gasteiger partial charge in [0.25, 0.3) is 0 Å². The van der Waals surface area contributed by atoms with E-state index in [1.165, 1.54) is 16.5 Å². The van der Waals surface area contributed by atoms with Gasteiger partial charge < -0.3 is 10.3 Å². The number of hydrogen-bond donors (Lipinski definition) is 3. The summed E-state index contributed by atoms with van der Waals surface area (Å²) < 4.78 is 0. The fourth-order valence-electron chi connectivity index (χ4n) is 3.33. The van der Waals surface area contributed by atoms with E-state index in [1.54, 1.807) is 6.20 Å². The third-order valence-corrected chi connectivity index (χ3v) is 4.55. The summed E-state index contributed by atoms with van der Waals surface area (Å²) in [5, 5.41) is 11.7. The Hall–Kier alpha value is -3.08. The van der Waals surface area contributed by atoms with Crippen LogP contribution in [-0.4, -0.2) is 26.7 Å². The number of anilines is 1. The van der Waals surface area contributed by atoms with Crippen LogP contribution in [0.15, 0.2) is 55.0 Å². The second-order valence-electron chi connectivity index (χ2n) is 5.89. The summed E-state index contributed by atoms with van der Waals surface area (Å²) in [5.41, 5.74) is 5.82. The Bertz CT molecular complexity index is 984. The zero-order valence-corrected chi connectivity index (χ0v) is 12.4. The molecule has 5 heteroatoms. The molecule has 0 saturated carbocycles. The SMILES string of the molecule is c1cc(C2CNc3ncc(-c4ccc5[nH]ccc5c4)cc32)[nH]n1. The van der Waals surface area contributed by atoms with E-state index < -0.39 is 0 Å². The van der Waals surface area contributed by atoms with Gasteiger partial charge in [0, 0.05) is 53.4 Å². The van der Waals surface area contributed by atoms with Gasteiger partial charge in [0.15, 0.2) is 0 Å². The van der Waals surface area contributed by atoms with Crippen molar-refractivity contribution >= 4 is 16.7 Å². The lowest BCUT2D eigenvalue weighted by molar-refractivity contribution is 0.845. The van der Waals surface area contributed by atoms with Crippen molar-refractivity contribution in [2.45, 2.75) is 5.92 Å². The fourth-order valence-corrected chi connectivity index (χ4v) is 3.33. The van der Waals surface area contributed by atoms with Gasteiger partial charge in [-0.2, -0.15) is 5.10 Å². The summed E-state index contributed by atoms with van der Waals surface area (Å²) in [4.78, 5) is 7.84. The van der Waals surface area contributed by atoms with Crippen molar-refractivity contribution in [3.63, 3.8) is 0 Å². The predicted octanol–water partition coefficient (Wildman–Crippen LogP) is 3.51. The molecule has 1 aromatic carbocycles. The standard InChI is InChI=1S/C18H15N5/c1-2-16-12(3-5-19-16)7-11(1)13-8-14-15(17-4-6-22-23-17)10-21-18(14)20-9-13/h1-9,15,19H,10H2,(H,20,21)(H,22,23). The Morgan fingerprint density at radius 3 is 2.96 bits per heavy atom. The highest BCUT2D eigenvalue weighted by Gasteiger charge is 2.26. The van der Waals surface area contributed by atoms with Crippen LogP contribution in [0, 0.1) is 0 Å². The van der Waals surface area contributed by atoms with E-state index in [1.807, 2.05) is 18.5 Å². The highest BCUT2D eigenvalue weighted by atomic mass is 15.1. The van der Waals surface area contributed by atoms with Crippen LogP contribution in [0.25, 0.3) is 22.0 Å². The second kappa shape index (κ2) is 4.71. The lowest BCUT2D eigenvalue weighted by Crippen LogP contribution is -2.04. The minimum absolute atomic E-state index is 0.274. The van der Waals surface area contributed by atoms with Gasteiger partial charge in [0.1, 0.15) is 5.82 Å². The summed E-state index contributed by atoms with van der Waals surface area (Å²) in [7, 11) is 0. The Morgan fingerprint density at radius 1 is 1.04 bits per heavy atom. The zero-order valence-electron chi connectivity index (χ0n) is 12.4. The average molecular weight is 301 g/mol. The molecule has 4 aromatic rings. The number of pyridine rings is 1. The van der Waals surface area contributed by atoms with E-state index >= 15 is 0 Å². The number of benzene rings is 1. The first-order valence-corrected chi connectivity index (χ1v) is 7.69. The molecule has 112 valence electrons. The van der Waals surface area contributed by atoms with E-state index in [-0.39, 0.29) is 5.92 Å². The third kappa shape index (κ3) is 1.93. The molecule has 4 heterocycles. The van der Waals surface area contributed by atoms with E-state index in [4.69, 9.17) is 0 Å². The largest absolute Gasteiger partial charge is 0.369 e. The van der Waals surface area contributed by atoms with Gasteiger partial charge in [0.2, 0.25) is 0 Å². The number of nitrogens with one attached hydrogen (secondary N) is 3.